The molecule has 4 fully saturated rings. The standard InChI is InChI=1S/C22H29N3O2/c1-14(19-3-5-20(6-4-19)23-15(2)26)24-25-21(27)13-22-10-16-7-17(11-22)9-18(8-16)12-22/h3-6,16-18H,7-13H2,1-2H3,(H,23,26)(H,25,27)/b24-14-. The van der Waals surface area contributed by atoms with Gasteiger partial charge in [0.25, 0.3) is 0 Å². The molecule has 0 aliphatic heterocycles. The summed E-state index contributed by atoms with van der Waals surface area (Å²) < 4.78 is 0. The molecule has 1 aromatic rings. The maximum Gasteiger partial charge on any atom is 0.240 e. The van der Waals surface area contributed by atoms with Gasteiger partial charge in [0.15, 0.2) is 0 Å². The summed E-state index contributed by atoms with van der Waals surface area (Å²) in [5.41, 5.74) is 5.47. The van der Waals surface area contributed by atoms with Crippen LogP contribution in [0.15, 0.2) is 29.4 Å². The fourth-order valence-electron chi connectivity index (χ4n) is 6.10. The van der Waals surface area contributed by atoms with Crippen LogP contribution in [0.1, 0.15) is 64.4 Å². The van der Waals surface area contributed by atoms with Gasteiger partial charge >= 0.3 is 0 Å². The highest BCUT2D eigenvalue weighted by molar-refractivity contribution is 6.00. The molecule has 1 aromatic carbocycles. The molecule has 4 saturated carbocycles. The van der Waals surface area contributed by atoms with Gasteiger partial charge in [-0.05, 0) is 86.3 Å². The Morgan fingerprint density at radius 2 is 1.56 bits per heavy atom. The van der Waals surface area contributed by atoms with Gasteiger partial charge in [-0.15, -0.1) is 0 Å². The predicted octanol–water partition coefficient (Wildman–Crippen LogP) is 4.09. The number of carbonyl (C=O) groups excluding carboxylic acids is 2. The fraction of sp³-hybridized carbons (Fsp3) is 0.591. The summed E-state index contributed by atoms with van der Waals surface area (Å²) in [6, 6.07) is 7.48. The van der Waals surface area contributed by atoms with E-state index < -0.39 is 0 Å². The second kappa shape index (κ2) is 7.10. The van der Waals surface area contributed by atoms with Crippen molar-refractivity contribution in [3.8, 4) is 0 Å². The first-order chi connectivity index (χ1) is 12.9. The van der Waals surface area contributed by atoms with E-state index >= 15 is 0 Å². The Labute approximate surface area is 161 Å². The molecule has 0 spiro atoms. The summed E-state index contributed by atoms with van der Waals surface area (Å²) in [6.45, 7) is 3.37. The van der Waals surface area contributed by atoms with Crippen LogP contribution < -0.4 is 10.7 Å². The summed E-state index contributed by atoms with van der Waals surface area (Å²) >= 11 is 0. The number of nitrogens with zero attached hydrogens (tertiary/aromatic N) is 1. The normalized spacial score (nSPS) is 31.6. The molecule has 0 unspecified atom stereocenters. The average Bonchev–Trinajstić information content (AvgIpc) is 2.58. The molecular weight excluding hydrogens is 338 g/mol. The highest BCUT2D eigenvalue weighted by atomic mass is 16.2. The van der Waals surface area contributed by atoms with Gasteiger partial charge in [-0.3, -0.25) is 9.59 Å². The second-order valence-corrected chi connectivity index (χ2v) is 9.09. The minimum atomic E-state index is -0.0925. The summed E-state index contributed by atoms with van der Waals surface area (Å²) in [5.74, 6) is 2.53. The van der Waals surface area contributed by atoms with Crippen molar-refractivity contribution >= 4 is 23.2 Å². The lowest BCUT2D eigenvalue weighted by Crippen LogP contribution is -2.47. The quantitative estimate of drug-likeness (QED) is 0.608. The van der Waals surface area contributed by atoms with Crippen molar-refractivity contribution in [2.45, 2.75) is 58.8 Å². The molecule has 2 N–H and O–H groups in total. The third-order valence-electron chi connectivity index (χ3n) is 6.67. The summed E-state index contributed by atoms with van der Waals surface area (Å²) in [6.07, 6.45) is 8.51. The maximum atomic E-state index is 12.6. The molecule has 0 saturated heterocycles. The van der Waals surface area contributed by atoms with Crippen molar-refractivity contribution in [2.24, 2.45) is 28.3 Å². The van der Waals surface area contributed by atoms with E-state index in [9.17, 15) is 9.59 Å². The fourth-order valence-corrected chi connectivity index (χ4v) is 6.10. The van der Waals surface area contributed by atoms with Gasteiger partial charge < -0.3 is 5.32 Å². The zero-order valence-corrected chi connectivity index (χ0v) is 16.3. The summed E-state index contributed by atoms with van der Waals surface area (Å²) in [5, 5.41) is 7.06. The SMILES string of the molecule is CC(=O)Nc1ccc(/C(C)=N\NC(=O)CC23CC4CC(CC(C4)C2)C3)cc1. The molecule has 27 heavy (non-hydrogen) atoms. The van der Waals surface area contributed by atoms with Crippen molar-refractivity contribution < 1.29 is 9.59 Å². The summed E-state index contributed by atoms with van der Waals surface area (Å²) in [4.78, 5) is 23.7. The molecule has 4 bridgehead atoms. The van der Waals surface area contributed by atoms with Crippen LogP contribution >= 0.6 is 0 Å². The number of amides is 2. The molecule has 144 valence electrons. The van der Waals surface area contributed by atoms with E-state index in [-0.39, 0.29) is 17.2 Å². The molecule has 4 aliphatic carbocycles. The Bertz CT molecular complexity index is 731. The van der Waals surface area contributed by atoms with Crippen LogP contribution in [0.4, 0.5) is 5.69 Å². The third kappa shape index (κ3) is 4.07. The number of benzene rings is 1. The first-order valence-corrected chi connectivity index (χ1v) is 10.1. The van der Waals surface area contributed by atoms with Crippen LogP contribution in [0.25, 0.3) is 0 Å². The van der Waals surface area contributed by atoms with Crippen LogP contribution in [0.2, 0.25) is 0 Å². The smallest absolute Gasteiger partial charge is 0.240 e. The van der Waals surface area contributed by atoms with Gasteiger partial charge in [-0.1, -0.05) is 12.1 Å². The third-order valence-corrected chi connectivity index (χ3v) is 6.67. The number of hydrogen-bond donors (Lipinski definition) is 2. The van der Waals surface area contributed by atoms with Crippen LogP contribution in [0.3, 0.4) is 0 Å². The van der Waals surface area contributed by atoms with Crippen LogP contribution in [0, 0.1) is 23.2 Å². The molecule has 0 heterocycles. The lowest BCUT2D eigenvalue weighted by molar-refractivity contribution is -0.129. The van der Waals surface area contributed by atoms with Crippen molar-refractivity contribution in [3.63, 3.8) is 0 Å². The van der Waals surface area contributed by atoms with Gasteiger partial charge in [0.05, 0.1) is 5.71 Å². The Balaban J connectivity index is 1.35. The topological polar surface area (TPSA) is 70.6 Å². The van der Waals surface area contributed by atoms with Crippen LogP contribution in [-0.2, 0) is 9.59 Å². The number of nitrogens with one attached hydrogen (secondary N) is 2. The van der Waals surface area contributed by atoms with Crippen molar-refractivity contribution in [1.29, 1.82) is 0 Å². The molecule has 5 heteroatoms. The molecular formula is C22H29N3O2. The van der Waals surface area contributed by atoms with E-state index in [0.29, 0.717) is 6.42 Å². The monoisotopic (exact) mass is 367 g/mol. The first kappa shape index (κ1) is 18.2. The first-order valence-electron chi connectivity index (χ1n) is 10.1. The van der Waals surface area contributed by atoms with Gasteiger partial charge in [0, 0.05) is 19.0 Å². The highest BCUT2D eigenvalue weighted by Crippen LogP contribution is 2.61. The minimum Gasteiger partial charge on any atom is -0.326 e. The Morgan fingerprint density at radius 3 is 2.07 bits per heavy atom. The molecule has 5 rings (SSSR count). The lowest BCUT2D eigenvalue weighted by Gasteiger charge is -2.56. The molecule has 2 amide bonds. The van der Waals surface area contributed by atoms with Gasteiger partial charge in [-0.25, -0.2) is 5.43 Å². The van der Waals surface area contributed by atoms with Crippen LogP contribution in [-0.4, -0.2) is 17.5 Å². The zero-order chi connectivity index (χ0) is 19.0. The highest BCUT2D eigenvalue weighted by Gasteiger charge is 2.51. The molecule has 0 atom stereocenters. The van der Waals surface area contributed by atoms with Gasteiger partial charge in [-0.2, -0.15) is 5.10 Å². The second-order valence-electron chi connectivity index (χ2n) is 9.09. The van der Waals surface area contributed by atoms with E-state index in [1.807, 2.05) is 31.2 Å². The number of rotatable bonds is 5. The van der Waals surface area contributed by atoms with E-state index in [1.165, 1.54) is 45.4 Å². The Kier molecular flexibility index (Phi) is 4.79. The molecule has 0 aromatic heterocycles. The Hall–Kier alpha value is -2.17. The van der Waals surface area contributed by atoms with Crippen molar-refractivity contribution in [3.05, 3.63) is 29.8 Å². The van der Waals surface area contributed by atoms with Gasteiger partial charge in [0.1, 0.15) is 0 Å². The minimum absolute atomic E-state index is 0.0474. The van der Waals surface area contributed by atoms with Crippen LogP contribution in [0.5, 0.6) is 0 Å². The molecule has 4 aliphatic rings. The van der Waals surface area contributed by atoms with Crippen molar-refractivity contribution in [2.75, 3.05) is 5.32 Å². The largest absolute Gasteiger partial charge is 0.326 e. The number of hydrazone groups is 1. The van der Waals surface area contributed by atoms with Crippen molar-refractivity contribution in [1.82, 2.24) is 5.43 Å². The Morgan fingerprint density at radius 1 is 1.00 bits per heavy atom. The van der Waals surface area contributed by atoms with E-state index in [0.717, 1.165) is 34.7 Å². The number of carbonyl (C=O) groups is 2. The molecule has 0 radical (unpaired) electrons. The average molecular weight is 367 g/mol. The predicted molar refractivity (Wildman–Crippen MR) is 106 cm³/mol. The lowest BCUT2D eigenvalue weighted by atomic mass is 9.49. The summed E-state index contributed by atoms with van der Waals surface area (Å²) in [7, 11) is 0. The van der Waals surface area contributed by atoms with E-state index in [1.54, 1.807) is 0 Å². The maximum absolute atomic E-state index is 12.6. The van der Waals surface area contributed by atoms with E-state index in [2.05, 4.69) is 15.8 Å². The van der Waals surface area contributed by atoms with E-state index in [4.69, 9.17) is 0 Å². The molecule has 5 nitrogen and oxygen atoms in total. The number of hydrogen-bond acceptors (Lipinski definition) is 3. The number of anilines is 1. The zero-order valence-electron chi connectivity index (χ0n) is 16.3. The van der Waals surface area contributed by atoms with Gasteiger partial charge in [0.2, 0.25) is 11.8 Å².